The van der Waals surface area contributed by atoms with Crippen LogP contribution in [0.1, 0.15) is 19.3 Å². The van der Waals surface area contributed by atoms with Gasteiger partial charge in [-0.2, -0.15) is 0 Å². The van der Waals surface area contributed by atoms with Gasteiger partial charge in [-0.05, 0) is 37.0 Å². The summed E-state index contributed by atoms with van der Waals surface area (Å²) in [4.78, 5) is 0.515. The van der Waals surface area contributed by atoms with Crippen LogP contribution in [0.5, 0.6) is 5.75 Å². The average molecular weight is 318 g/mol. The molecule has 2 rings (SSSR count). The Labute approximate surface area is 111 Å². The fourth-order valence-electron chi connectivity index (χ4n) is 1.99. The van der Waals surface area contributed by atoms with E-state index in [1.165, 1.54) is 6.42 Å². The highest BCUT2D eigenvalue weighted by atomic mass is 79.9. The van der Waals surface area contributed by atoms with Gasteiger partial charge in [0.05, 0.1) is 21.7 Å². The van der Waals surface area contributed by atoms with Crippen LogP contribution in [0.15, 0.2) is 27.6 Å². The van der Waals surface area contributed by atoms with Crippen molar-refractivity contribution in [2.45, 2.75) is 24.2 Å². The third-order valence-electron chi connectivity index (χ3n) is 3.18. The summed E-state index contributed by atoms with van der Waals surface area (Å²) in [5.41, 5.74) is 0. The largest absolute Gasteiger partial charge is 0.495 e. The van der Waals surface area contributed by atoms with E-state index in [2.05, 4.69) is 15.9 Å². The predicted octanol–water partition coefficient (Wildman–Crippen LogP) is 3.66. The van der Waals surface area contributed by atoms with Gasteiger partial charge in [0.2, 0.25) is 0 Å². The maximum Gasteiger partial charge on any atom is 0.135 e. The van der Waals surface area contributed by atoms with Gasteiger partial charge in [0.1, 0.15) is 5.75 Å². The lowest BCUT2D eigenvalue weighted by molar-refractivity contribution is 0.349. The molecule has 0 aliphatic heterocycles. The Kier molecular flexibility index (Phi) is 3.78. The van der Waals surface area contributed by atoms with Gasteiger partial charge in [0.15, 0.2) is 0 Å². The van der Waals surface area contributed by atoms with Crippen molar-refractivity contribution >= 4 is 25.7 Å². The lowest BCUT2D eigenvalue weighted by Crippen LogP contribution is -2.21. The molecule has 1 fully saturated rings. The smallest absolute Gasteiger partial charge is 0.135 e. The van der Waals surface area contributed by atoms with Crippen LogP contribution in [0, 0.1) is 10.7 Å². The lowest BCUT2D eigenvalue weighted by Gasteiger charge is -2.26. The molecule has 0 radical (unpaired) electrons. The molecule has 0 bridgehead atoms. The topological polar surface area (TPSA) is 50.1 Å². The summed E-state index contributed by atoms with van der Waals surface area (Å²) in [6.45, 7) is 0. The van der Waals surface area contributed by atoms with Crippen LogP contribution >= 0.6 is 15.9 Å². The first-order valence-electron chi connectivity index (χ1n) is 5.63. The molecule has 3 nitrogen and oxygen atoms in total. The first-order valence-corrected chi connectivity index (χ1v) is 8.15. The van der Waals surface area contributed by atoms with Crippen molar-refractivity contribution in [3.05, 3.63) is 22.7 Å². The standard InChI is InChI=1S/C12H16BrNO2S/c1-16-11-6-5-10(13)7-12(11)17(14,15)8-9-3-2-4-9/h5-7,9,14H,2-4,8H2,1H3. The van der Waals surface area contributed by atoms with E-state index in [0.717, 1.165) is 17.3 Å². The van der Waals surface area contributed by atoms with Crippen LogP contribution in [0.25, 0.3) is 0 Å². The van der Waals surface area contributed by atoms with Crippen molar-refractivity contribution in [3.8, 4) is 5.75 Å². The summed E-state index contributed by atoms with van der Waals surface area (Å²) in [5, 5.41) is 0. The summed E-state index contributed by atoms with van der Waals surface area (Å²) in [5.74, 6) is 1.45. The number of benzene rings is 1. The molecule has 17 heavy (non-hydrogen) atoms. The molecular formula is C12H16BrNO2S. The second-order valence-corrected chi connectivity index (χ2v) is 7.47. The molecule has 94 valence electrons. The quantitative estimate of drug-likeness (QED) is 0.921. The monoisotopic (exact) mass is 317 g/mol. The van der Waals surface area contributed by atoms with Crippen molar-refractivity contribution in [2.24, 2.45) is 5.92 Å². The SMILES string of the molecule is COc1ccc(Br)cc1S(=N)(=O)CC1CCC1. The van der Waals surface area contributed by atoms with E-state index < -0.39 is 9.73 Å². The normalized spacial score (nSPS) is 19.4. The first-order chi connectivity index (χ1) is 8.03. The molecule has 1 aromatic rings. The summed E-state index contributed by atoms with van der Waals surface area (Å²) in [6, 6.07) is 5.34. The molecule has 1 atom stereocenters. The highest BCUT2D eigenvalue weighted by Gasteiger charge is 2.25. The summed E-state index contributed by atoms with van der Waals surface area (Å²) in [7, 11) is -1.19. The molecule has 1 N–H and O–H groups in total. The Balaban J connectivity index is 2.33. The number of ether oxygens (including phenoxy) is 1. The summed E-state index contributed by atoms with van der Waals surface area (Å²) in [6.07, 6.45) is 3.41. The zero-order valence-corrected chi connectivity index (χ0v) is 12.1. The highest BCUT2D eigenvalue weighted by Crippen LogP contribution is 2.34. The van der Waals surface area contributed by atoms with Gasteiger partial charge < -0.3 is 4.74 Å². The molecule has 5 heteroatoms. The Hall–Kier alpha value is -0.550. The zero-order chi connectivity index (χ0) is 12.5. The molecule has 0 heterocycles. The molecule has 0 saturated heterocycles. The van der Waals surface area contributed by atoms with Crippen molar-refractivity contribution in [2.75, 3.05) is 12.9 Å². The van der Waals surface area contributed by atoms with Gasteiger partial charge >= 0.3 is 0 Å². The molecule has 1 unspecified atom stereocenters. The van der Waals surface area contributed by atoms with E-state index >= 15 is 0 Å². The zero-order valence-electron chi connectivity index (χ0n) is 9.74. The van der Waals surface area contributed by atoms with E-state index in [1.807, 2.05) is 6.07 Å². The Morgan fingerprint density at radius 1 is 1.53 bits per heavy atom. The molecular weight excluding hydrogens is 302 g/mol. The van der Waals surface area contributed by atoms with Crippen molar-refractivity contribution in [1.82, 2.24) is 0 Å². The fraction of sp³-hybridized carbons (Fsp3) is 0.500. The number of halogens is 1. The van der Waals surface area contributed by atoms with Crippen LogP contribution in [0.4, 0.5) is 0 Å². The van der Waals surface area contributed by atoms with Crippen LogP contribution < -0.4 is 4.74 Å². The van der Waals surface area contributed by atoms with E-state index in [-0.39, 0.29) is 0 Å². The Bertz CT molecular complexity index is 509. The van der Waals surface area contributed by atoms with Gasteiger partial charge in [-0.3, -0.25) is 0 Å². The number of methoxy groups -OCH3 is 1. The minimum atomic E-state index is -2.74. The third-order valence-corrected chi connectivity index (χ3v) is 5.64. The van der Waals surface area contributed by atoms with E-state index in [4.69, 9.17) is 9.52 Å². The fourth-order valence-corrected chi connectivity index (χ4v) is 4.47. The van der Waals surface area contributed by atoms with Crippen molar-refractivity contribution < 1.29 is 8.95 Å². The molecule has 0 aromatic heterocycles. The third kappa shape index (κ3) is 2.83. The van der Waals surface area contributed by atoms with Gasteiger partial charge in [-0.25, -0.2) is 8.99 Å². The molecule has 1 aliphatic rings. The molecule has 0 spiro atoms. The average Bonchev–Trinajstić information content (AvgIpc) is 2.24. The van der Waals surface area contributed by atoms with Gasteiger partial charge in [0.25, 0.3) is 0 Å². The minimum Gasteiger partial charge on any atom is -0.495 e. The lowest BCUT2D eigenvalue weighted by atomic mass is 9.87. The number of hydrogen-bond acceptors (Lipinski definition) is 3. The second-order valence-electron chi connectivity index (χ2n) is 4.43. The van der Waals surface area contributed by atoms with Crippen molar-refractivity contribution in [3.63, 3.8) is 0 Å². The Morgan fingerprint density at radius 2 is 2.24 bits per heavy atom. The molecule has 1 saturated carbocycles. The molecule has 0 amide bonds. The van der Waals surface area contributed by atoms with Gasteiger partial charge in [-0.1, -0.05) is 22.4 Å². The van der Waals surface area contributed by atoms with Gasteiger partial charge in [0, 0.05) is 10.2 Å². The second kappa shape index (κ2) is 4.98. The van der Waals surface area contributed by atoms with Crippen LogP contribution in [-0.4, -0.2) is 17.1 Å². The van der Waals surface area contributed by atoms with Gasteiger partial charge in [-0.15, -0.1) is 0 Å². The predicted molar refractivity (Wildman–Crippen MR) is 72.0 cm³/mol. The van der Waals surface area contributed by atoms with Crippen LogP contribution in [0.3, 0.4) is 0 Å². The van der Waals surface area contributed by atoms with E-state index in [0.29, 0.717) is 22.3 Å². The summed E-state index contributed by atoms with van der Waals surface area (Å²) >= 11 is 3.35. The van der Waals surface area contributed by atoms with E-state index in [9.17, 15) is 4.21 Å². The number of hydrogen-bond donors (Lipinski definition) is 1. The maximum atomic E-state index is 12.5. The number of nitrogens with one attached hydrogen (secondary N) is 1. The van der Waals surface area contributed by atoms with Crippen molar-refractivity contribution in [1.29, 1.82) is 4.78 Å². The summed E-state index contributed by atoms with van der Waals surface area (Å²) < 4.78 is 26.6. The highest BCUT2D eigenvalue weighted by molar-refractivity contribution is 9.10. The van der Waals surface area contributed by atoms with E-state index in [1.54, 1.807) is 19.2 Å². The van der Waals surface area contributed by atoms with Crippen LogP contribution in [0.2, 0.25) is 0 Å². The maximum absolute atomic E-state index is 12.5. The van der Waals surface area contributed by atoms with Crippen LogP contribution in [-0.2, 0) is 9.73 Å². The first kappa shape index (κ1) is 12.9. The molecule has 1 aliphatic carbocycles. The minimum absolute atomic E-state index is 0.448. The molecule has 1 aromatic carbocycles. The Morgan fingerprint density at radius 3 is 2.76 bits per heavy atom. The number of rotatable bonds is 4.